The Morgan fingerprint density at radius 2 is 1.98 bits per heavy atom. The molecule has 3 aromatic rings. The molecular formula is C30H25FN6O5. The second-order valence-corrected chi connectivity index (χ2v) is 9.62. The van der Waals surface area contributed by atoms with E-state index in [4.69, 9.17) is 10.1 Å². The Balaban J connectivity index is 1.42. The minimum atomic E-state index is -1.77. The number of imide groups is 1. The predicted molar refractivity (Wildman–Crippen MR) is 151 cm³/mol. The molecule has 2 aromatic carbocycles. The van der Waals surface area contributed by atoms with Crippen molar-refractivity contribution in [2.24, 2.45) is 4.99 Å². The van der Waals surface area contributed by atoms with Gasteiger partial charge in [-0.1, -0.05) is 30.0 Å². The number of methoxy groups -OCH3 is 1. The van der Waals surface area contributed by atoms with Crippen LogP contribution in [0.4, 0.5) is 9.18 Å². The fourth-order valence-electron chi connectivity index (χ4n) is 4.82. The molecule has 2 aliphatic rings. The van der Waals surface area contributed by atoms with Crippen molar-refractivity contribution in [3.05, 3.63) is 76.7 Å². The number of ether oxygens (including phenoxy) is 1. The number of aromatic nitrogens is 1. The normalized spacial score (nSPS) is 18.3. The van der Waals surface area contributed by atoms with Crippen LogP contribution in [0.3, 0.4) is 0 Å². The molecule has 0 saturated carbocycles. The smallest absolute Gasteiger partial charge is 0.323 e. The second-order valence-electron chi connectivity index (χ2n) is 9.62. The molecule has 4 amide bonds. The van der Waals surface area contributed by atoms with E-state index in [-0.39, 0.29) is 30.2 Å². The number of carbonyl (C=O) groups is 3. The van der Waals surface area contributed by atoms with Gasteiger partial charge in [-0.25, -0.2) is 14.2 Å². The van der Waals surface area contributed by atoms with E-state index < -0.39 is 35.1 Å². The van der Waals surface area contributed by atoms with Gasteiger partial charge in [0.1, 0.15) is 11.4 Å². The van der Waals surface area contributed by atoms with Crippen LogP contribution in [0, 0.1) is 23.1 Å². The summed E-state index contributed by atoms with van der Waals surface area (Å²) in [6, 6.07) is 12.0. The SMILES string of the molecule is CN=CC(C=N)c1ccc(O)c(-c2ccc(C#CC3(CN4Cc5ccc(OC)c(F)c5C4=O)NC(=O)NC3=O)cc2)n1. The number of aromatic hydroxyl groups is 1. The van der Waals surface area contributed by atoms with E-state index >= 15 is 0 Å². The minimum Gasteiger partial charge on any atom is -0.506 e. The number of hydrogen-bond donors (Lipinski definition) is 4. The van der Waals surface area contributed by atoms with E-state index in [9.17, 15) is 23.9 Å². The van der Waals surface area contributed by atoms with E-state index in [1.54, 1.807) is 49.7 Å². The van der Waals surface area contributed by atoms with Crippen LogP contribution in [0.15, 0.2) is 53.5 Å². The Morgan fingerprint density at radius 3 is 2.62 bits per heavy atom. The zero-order chi connectivity index (χ0) is 30.0. The van der Waals surface area contributed by atoms with E-state index in [1.165, 1.54) is 30.4 Å². The Labute approximate surface area is 239 Å². The van der Waals surface area contributed by atoms with E-state index in [0.717, 1.165) is 0 Å². The highest BCUT2D eigenvalue weighted by Gasteiger charge is 2.48. The monoisotopic (exact) mass is 568 g/mol. The Bertz CT molecular complexity index is 1710. The van der Waals surface area contributed by atoms with Gasteiger partial charge in [-0.05, 0) is 35.9 Å². The highest BCUT2D eigenvalue weighted by Crippen LogP contribution is 2.32. The lowest BCUT2D eigenvalue weighted by atomic mass is 9.98. The van der Waals surface area contributed by atoms with Gasteiger partial charge < -0.3 is 25.5 Å². The molecule has 1 fully saturated rings. The number of rotatable bonds is 7. The topological polar surface area (TPSA) is 157 Å². The first-order valence-electron chi connectivity index (χ1n) is 12.7. The van der Waals surface area contributed by atoms with Crippen molar-refractivity contribution in [1.29, 1.82) is 5.41 Å². The number of amides is 4. The third-order valence-electron chi connectivity index (χ3n) is 6.95. The molecular weight excluding hydrogens is 543 g/mol. The van der Waals surface area contributed by atoms with Crippen molar-refractivity contribution in [3.8, 4) is 34.6 Å². The van der Waals surface area contributed by atoms with Crippen LogP contribution in [-0.4, -0.2) is 71.5 Å². The van der Waals surface area contributed by atoms with Crippen molar-refractivity contribution in [3.63, 3.8) is 0 Å². The summed E-state index contributed by atoms with van der Waals surface area (Å²) in [7, 11) is 2.89. The number of pyridine rings is 1. The lowest BCUT2D eigenvalue weighted by Crippen LogP contribution is -2.54. The van der Waals surface area contributed by atoms with Crippen molar-refractivity contribution in [1.82, 2.24) is 20.5 Å². The number of urea groups is 1. The highest BCUT2D eigenvalue weighted by molar-refractivity contribution is 6.10. The Morgan fingerprint density at radius 1 is 1.21 bits per heavy atom. The quantitative estimate of drug-likeness (QED) is 0.195. The van der Waals surface area contributed by atoms with Crippen LogP contribution in [0.1, 0.15) is 33.1 Å². The maximum atomic E-state index is 14.8. The number of fused-ring (bicyclic) bond motifs is 1. The van der Waals surface area contributed by atoms with Gasteiger partial charge in [0.2, 0.25) is 5.54 Å². The van der Waals surface area contributed by atoms with Crippen LogP contribution in [-0.2, 0) is 11.3 Å². The van der Waals surface area contributed by atoms with Crippen LogP contribution < -0.4 is 15.4 Å². The van der Waals surface area contributed by atoms with Gasteiger partial charge in [0.25, 0.3) is 11.8 Å². The van der Waals surface area contributed by atoms with Gasteiger partial charge in [0.05, 0.1) is 30.8 Å². The number of halogens is 1. The summed E-state index contributed by atoms with van der Waals surface area (Å²) in [6.45, 7) is -0.292. The fraction of sp³-hybridized carbons (Fsp3) is 0.200. The molecule has 1 saturated heterocycles. The third-order valence-corrected chi connectivity index (χ3v) is 6.95. The standard InChI is InChI=1S/C30H25FN6O5/c1-33-14-20(13-32)21-8-9-22(38)26(34-21)18-5-3-17(4-6-18)11-12-30(28(40)35-29(41)36-30)16-37-15-19-7-10-23(42-2)25(31)24(19)27(37)39/h3-10,13-14,20,32,38H,15-16H2,1-2H3,(H2,35,36,40,41). The number of aliphatic imine (C=N–C) groups is 1. The van der Waals surface area contributed by atoms with Crippen molar-refractivity contribution in [2.75, 3.05) is 20.7 Å². The zero-order valence-corrected chi connectivity index (χ0v) is 22.6. The molecule has 5 rings (SSSR count). The van der Waals surface area contributed by atoms with Gasteiger partial charge in [-0.2, -0.15) is 0 Å². The molecule has 42 heavy (non-hydrogen) atoms. The summed E-state index contributed by atoms with van der Waals surface area (Å²) in [5, 5.41) is 22.7. The summed E-state index contributed by atoms with van der Waals surface area (Å²) in [5.74, 6) is 2.94. The van der Waals surface area contributed by atoms with Crippen LogP contribution in [0.2, 0.25) is 0 Å². The first kappa shape index (κ1) is 28.0. The van der Waals surface area contributed by atoms with Crippen LogP contribution >= 0.6 is 0 Å². The highest BCUT2D eigenvalue weighted by atomic mass is 19.1. The fourth-order valence-corrected chi connectivity index (χ4v) is 4.82. The molecule has 212 valence electrons. The molecule has 3 heterocycles. The maximum Gasteiger partial charge on any atom is 0.323 e. The van der Waals surface area contributed by atoms with Crippen LogP contribution in [0.5, 0.6) is 11.5 Å². The summed E-state index contributed by atoms with van der Waals surface area (Å²) >= 11 is 0. The molecule has 0 spiro atoms. The number of nitrogens with zero attached hydrogens (tertiary/aromatic N) is 3. The average Bonchev–Trinajstić information content (AvgIpc) is 3.45. The lowest BCUT2D eigenvalue weighted by molar-refractivity contribution is -0.122. The first-order valence-corrected chi connectivity index (χ1v) is 12.7. The van der Waals surface area contributed by atoms with Gasteiger partial charge in [0, 0.05) is 37.1 Å². The van der Waals surface area contributed by atoms with Gasteiger partial charge in [0.15, 0.2) is 11.6 Å². The summed E-state index contributed by atoms with van der Waals surface area (Å²) < 4.78 is 19.8. The number of nitrogens with one attached hydrogen (secondary N) is 3. The van der Waals surface area contributed by atoms with Crippen LogP contribution in [0.25, 0.3) is 11.3 Å². The van der Waals surface area contributed by atoms with Gasteiger partial charge >= 0.3 is 6.03 Å². The first-order chi connectivity index (χ1) is 20.2. The molecule has 1 aromatic heterocycles. The molecule has 0 radical (unpaired) electrons. The van der Waals surface area contributed by atoms with E-state index in [2.05, 4.69) is 32.5 Å². The minimum absolute atomic E-state index is 0.0227. The predicted octanol–water partition coefficient (Wildman–Crippen LogP) is 2.62. The molecule has 2 aliphatic heterocycles. The van der Waals surface area contributed by atoms with Crippen molar-refractivity contribution < 1.29 is 28.6 Å². The molecule has 2 atom stereocenters. The molecule has 0 bridgehead atoms. The molecule has 0 aliphatic carbocycles. The number of carbonyl (C=O) groups excluding carboxylic acids is 3. The summed E-state index contributed by atoms with van der Waals surface area (Å²) in [4.78, 5) is 47.8. The van der Waals surface area contributed by atoms with Gasteiger partial charge in [-0.3, -0.25) is 19.9 Å². The molecule has 4 N–H and O–H groups in total. The molecule has 11 nitrogen and oxygen atoms in total. The lowest BCUT2D eigenvalue weighted by Gasteiger charge is -2.26. The maximum absolute atomic E-state index is 14.8. The number of hydrogen-bond acceptors (Lipinski definition) is 8. The third kappa shape index (κ3) is 5.03. The average molecular weight is 569 g/mol. The van der Waals surface area contributed by atoms with E-state index in [0.29, 0.717) is 28.1 Å². The second kappa shape index (κ2) is 11.1. The Hall–Kier alpha value is -5.57. The largest absolute Gasteiger partial charge is 0.506 e. The summed E-state index contributed by atoms with van der Waals surface area (Å²) in [5.41, 5.74) is 0.406. The van der Waals surface area contributed by atoms with Crippen molar-refractivity contribution >= 4 is 30.3 Å². The van der Waals surface area contributed by atoms with Gasteiger partial charge in [-0.15, -0.1) is 0 Å². The van der Waals surface area contributed by atoms with Crippen molar-refractivity contribution in [2.45, 2.75) is 18.0 Å². The molecule has 12 heteroatoms. The molecule has 2 unspecified atom stereocenters. The Kier molecular flexibility index (Phi) is 7.41. The summed E-state index contributed by atoms with van der Waals surface area (Å²) in [6.07, 6.45) is 2.77. The number of benzene rings is 2. The zero-order valence-electron chi connectivity index (χ0n) is 22.6. The van der Waals surface area contributed by atoms with E-state index in [1.807, 2.05) is 0 Å².